The quantitative estimate of drug-likeness (QED) is 0.706. The molecule has 0 atom stereocenters. The molecule has 3 aromatic rings. The van der Waals surface area contributed by atoms with E-state index in [-0.39, 0.29) is 5.43 Å². The summed E-state index contributed by atoms with van der Waals surface area (Å²) >= 11 is 0. The molecule has 88 valence electrons. The molecule has 0 amide bonds. The average Bonchev–Trinajstić information content (AvgIpc) is 2.39. The zero-order valence-electron chi connectivity index (χ0n) is 9.97. The number of rotatable bonds is 1. The number of fused-ring (bicyclic) bond motifs is 1. The third-order valence-corrected chi connectivity index (χ3v) is 2.92. The summed E-state index contributed by atoms with van der Waals surface area (Å²) in [7, 11) is 0. The second-order valence-corrected chi connectivity index (χ2v) is 4.31. The van der Waals surface area contributed by atoms with Crippen molar-refractivity contribution in [3.63, 3.8) is 0 Å². The minimum atomic E-state index is 0.0155. The molecule has 0 bridgehead atoms. The van der Waals surface area contributed by atoms with Crippen molar-refractivity contribution in [2.75, 3.05) is 0 Å². The van der Waals surface area contributed by atoms with E-state index in [1.54, 1.807) is 12.3 Å². The van der Waals surface area contributed by atoms with E-state index in [1.165, 1.54) is 0 Å². The van der Waals surface area contributed by atoms with Crippen LogP contribution >= 0.6 is 0 Å². The van der Waals surface area contributed by atoms with Crippen molar-refractivity contribution in [3.05, 3.63) is 64.4 Å². The van der Waals surface area contributed by atoms with Crippen LogP contribution in [0.3, 0.4) is 0 Å². The Morgan fingerprint density at radius 3 is 2.72 bits per heavy atom. The summed E-state index contributed by atoms with van der Waals surface area (Å²) < 4.78 is 0. The van der Waals surface area contributed by atoms with E-state index in [4.69, 9.17) is 0 Å². The lowest BCUT2D eigenvalue weighted by molar-refractivity contribution is 1.24. The van der Waals surface area contributed by atoms with Gasteiger partial charge in [0.1, 0.15) is 0 Å². The maximum atomic E-state index is 12.0. The first-order chi connectivity index (χ1) is 8.74. The van der Waals surface area contributed by atoms with Crippen molar-refractivity contribution in [2.45, 2.75) is 6.92 Å². The van der Waals surface area contributed by atoms with Crippen molar-refractivity contribution in [2.24, 2.45) is 0 Å². The number of aromatic nitrogens is 2. The Hall–Kier alpha value is -2.42. The highest BCUT2D eigenvalue weighted by atomic mass is 16.1. The Kier molecular flexibility index (Phi) is 2.45. The summed E-state index contributed by atoms with van der Waals surface area (Å²) in [6.07, 6.45) is 1.79. The van der Waals surface area contributed by atoms with Crippen LogP contribution in [0.25, 0.3) is 22.3 Å². The molecule has 0 fully saturated rings. The summed E-state index contributed by atoms with van der Waals surface area (Å²) in [6.45, 7) is 1.99. The molecule has 18 heavy (non-hydrogen) atoms. The zero-order chi connectivity index (χ0) is 12.5. The number of aryl methyl sites for hydroxylation is 1. The number of nitrogens with one attached hydrogen (secondary N) is 1. The number of nitrogens with zero attached hydrogens (tertiary/aromatic N) is 1. The van der Waals surface area contributed by atoms with Gasteiger partial charge in [-0.2, -0.15) is 0 Å². The molecular weight excluding hydrogens is 224 g/mol. The molecule has 3 rings (SSSR count). The third-order valence-electron chi connectivity index (χ3n) is 2.92. The summed E-state index contributed by atoms with van der Waals surface area (Å²) in [4.78, 5) is 19.6. The summed E-state index contributed by atoms with van der Waals surface area (Å²) in [5.41, 5.74) is 3.48. The maximum absolute atomic E-state index is 12.0. The third kappa shape index (κ3) is 1.80. The van der Waals surface area contributed by atoms with Crippen LogP contribution in [0.1, 0.15) is 5.56 Å². The number of pyridine rings is 2. The van der Waals surface area contributed by atoms with Gasteiger partial charge < -0.3 is 4.98 Å². The van der Waals surface area contributed by atoms with Crippen LogP contribution in [-0.4, -0.2) is 9.97 Å². The van der Waals surface area contributed by atoms with Crippen molar-refractivity contribution in [1.29, 1.82) is 0 Å². The Labute approximate surface area is 104 Å². The second-order valence-electron chi connectivity index (χ2n) is 4.31. The molecule has 0 aliphatic heterocycles. The summed E-state index contributed by atoms with van der Waals surface area (Å²) in [5.74, 6) is 0. The normalized spacial score (nSPS) is 10.7. The lowest BCUT2D eigenvalue weighted by atomic mass is 10.1. The van der Waals surface area contributed by atoms with Gasteiger partial charge in [-0.3, -0.25) is 9.78 Å². The van der Waals surface area contributed by atoms with Crippen molar-refractivity contribution in [1.82, 2.24) is 9.97 Å². The van der Waals surface area contributed by atoms with Gasteiger partial charge >= 0.3 is 0 Å². The average molecular weight is 236 g/mol. The van der Waals surface area contributed by atoms with Crippen molar-refractivity contribution in [3.8, 4) is 11.4 Å². The molecule has 0 aliphatic rings. The SMILES string of the molecule is Cc1ccc(-c2cc(=O)c3ccccc3[nH]2)nc1. The largest absolute Gasteiger partial charge is 0.353 e. The summed E-state index contributed by atoms with van der Waals surface area (Å²) in [5, 5.41) is 0.702. The Morgan fingerprint density at radius 1 is 1.11 bits per heavy atom. The van der Waals surface area contributed by atoms with E-state index in [0.29, 0.717) is 5.39 Å². The highest BCUT2D eigenvalue weighted by molar-refractivity contribution is 5.80. The Morgan fingerprint density at radius 2 is 1.94 bits per heavy atom. The van der Waals surface area contributed by atoms with E-state index in [9.17, 15) is 4.79 Å². The fraction of sp³-hybridized carbons (Fsp3) is 0.0667. The van der Waals surface area contributed by atoms with Gasteiger partial charge in [-0.15, -0.1) is 0 Å². The number of benzene rings is 1. The van der Waals surface area contributed by atoms with E-state index in [2.05, 4.69) is 9.97 Å². The highest BCUT2D eigenvalue weighted by Gasteiger charge is 2.04. The molecule has 0 unspecified atom stereocenters. The van der Waals surface area contributed by atoms with Crippen LogP contribution in [0.5, 0.6) is 0 Å². The van der Waals surface area contributed by atoms with Crippen LogP contribution in [0.2, 0.25) is 0 Å². The van der Waals surface area contributed by atoms with Gasteiger partial charge in [0, 0.05) is 23.2 Å². The molecule has 1 N–H and O–H groups in total. The molecule has 0 saturated heterocycles. The lowest BCUT2D eigenvalue weighted by Gasteiger charge is -2.04. The van der Waals surface area contributed by atoms with Crippen LogP contribution in [-0.2, 0) is 0 Å². The molecule has 0 spiro atoms. The lowest BCUT2D eigenvalue weighted by Crippen LogP contribution is -2.03. The predicted octanol–water partition coefficient (Wildman–Crippen LogP) is 2.90. The predicted molar refractivity (Wildman–Crippen MR) is 72.5 cm³/mol. The van der Waals surface area contributed by atoms with Crippen molar-refractivity contribution < 1.29 is 0 Å². The molecule has 1 aromatic carbocycles. The number of para-hydroxylation sites is 1. The van der Waals surface area contributed by atoms with Gasteiger partial charge in [0.2, 0.25) is 0 Å². The molecule has 0 aliphatic carbocycles. The standard InChI is InChI=1S/C15H12N2O/c1-10-6-7-13(16-9-10)14-8-15(18)11-4-2-3-5-12(11)17-14/h2-9H,1H3,(H,17,18). The molecule has 3 nitrogen and oxygen atoms in total. The topological polar surface area (TPSA) is 45.8 Å². The number of hydrogen-bond acceptors (Lipinski definition) is 2. The summed E-state index contributed by atoms with van der Waals surface area (Å²) in [6, 6.07) is 13.0. The first-order valence-corrected chi connectivity index (χ1v) is 5.79. The van der Waals surface area contributed by atoms with Crippen LogP contribution in [0, 0.1) is 6.92 Å². The van der Waals surface area contributed by atoms with E-state index < -0.39 is 0 Å². The molecular formula is C15H12N2O. The zero-order valence-corrected chi connectivity index (χ0v) is 9.97. The number of H-pyrrole nitrogens is 1. The van der Waals surface area contributed by atoms with Gasteiger partial charge in [-0.05, 0) is 30.7 Å². The number of hydrogen-bond donors (Lipinski definition) is 1. The molecule has 2 heterocycles. The van der Waals surface area contributed by atoms with E-state index in [0.717, 1.165) is 22.5 Å². The molecule has 0 radical (unpaired) electrons. The van der Waals surface area contributed by atoms with Gasteiger partial charge in [0.05, 0.1) is 11.4 Å². The Bertz CT molecular complexity index is 757. The Balaban J connectivity index is 2.24. The van der Waals surface area contributed by atoms with Gasteiger partial charge in [0.25, 0.3) is 0 Å². The van der Waals surface area contributed by atoms with E-state index >= 15 is 0 Å². The minimum Gasteiger partial charge on any atom is -0.353 e. The smallest absolute Gasteiger partial charge is 0.190 e. The highest BCUT2D eigenvalue weighted by Crippen LogP contribution is 2.16. The van der Waals surface area contributed by atoms with Crippen LogP contribution < -0.4 is 5.43 Å². The number of aromatic amines is 1. The van der Waals surface area contributed by atoms with Crippen molar-refractivity contribution >= 4 is 10.9 Å². The molecule has 2 aromatic heterocycles. The maximum Gasteiger partial charge on any atom is 0.190 e. The van der Waals surface area contributed by atoms with Crippen LogP contribution in [0.4, 0.5) is 0 Å². The fourth-order valence-electron chi connectivity index (χ4n) is 1.96. The van der Waals surface area contributed by atoms with Gasteiger partial charge in [0.15, 0.2) is 5.43 Å². The van der Waals surface area contributed by atoms with Gasteiger partial charge in [-0.1, -0.05) is 18.2 Å². The van der Waals surface area contributed by atoms with E-state index in [1.807, 2.05) is 43.3 Å². The van der Waals surface area contributed by atoms with Crippen LogP contribution in [0.15, 0.2) is 53.5 Å². The first kappa shape index (κ1) is 10.7. The second kappa shape index (κ2) is 4.11. The monoisotopic (exact) mass is 236 g/mol. The fourth-order valence-corrected chi connectivity index (χ4v) is 1.96. The molecule has 0 saturated carbocycles. The first-order valence-electron chi connectivity index (χ1n) is 5.79. The molecule has 3 heteroatoms. The minimum absolute atomic E-state index is 0.0155. The van der Waals surface area contributed by atoms with Gasteiger partial charge in [-0.25, -0.2) is 0 Å².